The van der Waals surface area contributed by atoms with Gasteiger partial charge in [-0.3, -0.25) is 0 Å². The van der Waals surface area contributed by atoms with E-state index in [2.05, 4.69) is 19.1 Å². The SMILES string of the molecule is CCCCC[C@H]1CC[C@H](c2ccc(OCC(C)F)cc2)CC1. The second-order valence-electron chi connectivity index (χ2n) is 6.87. The Labute approximate surface area is 135 Å². The molecule has 1 nitrogen and oxygen atoms in total. The lowest BCUT2D eigenvalue weighted by Crippen LogP contribution is -2.13. The molecule has 22 heavy (non-hydrogen) atoms. The zero-order chi connectivity index (χ0) is 15.8. The number of halogens is 1. The standard InChI is InChI=1S/C20H31FO/c1-3-4-5-6-17-7-9-18(10-8-17)19-11-13-20(14-12-19)22-15-16(2)21/h11-14,16-18H,3-10,15H2,1-2H3/t16?,17-,18-. The van der Waals surface area contributed by atoms with Crippen molar-refractivity contribution in [2.75, 3.05) is 6.61 Å². The van der Waals surface area contributed by atoms with Crippen molar-refractivity contribution < 1.29 is 9.13 Å². The molecule has 0 aromatic heterocycles. The summed E-state index contributed by atoms with van der Waals surface area (Å²) >= 11 is 0. The van der Waals surface area contributed by atoms with Gasteiger partial charge in [0.2, 0.25) is 0 Å². The molecule has 1 unspecified atom stereocenters. The van der Waals surface area contributed by atoms with Crippen LogP contribution in [0.1, 0.15) is 76.7 Å². The second-order valence-corrected chi connectivity index (χ2v) is 6.87. The molecule has 0 spiro atoms. The fourth-order valence-corrected chi connectivity index (χ4v) is 3.51. The number of unbranched alkanes of at least 4 members (excludes halogenated alkanes) is 2. The van der Waals surface area contributed by atoms with Crippen LogP contribution in [-0.2, 0) is 0 Å². The summed E-state index contributed by atoms with van der Waals surface area (Å²) in [6.45, 7) is 3.94. The second kappa shape index (κ2) is 9.17. The summed E-state index contributed by atoms with van der Waals surface area (Å²) in [5.41, 5.74) is 1.42. The molecule has 1 aromatic carbocycles. The summed E-state index contributed by atoms with van der Waals surface area (Å²) in [5.74, 6) is 2.44. The zero-order valence-corrected chi connectivity index (χ0v) is 14.2. The molecular weight excluding hydrogens is 275 g/mol. The third-order valence-corrected chi connectivity index (χ3v) is 4.89. The highest BCUT2D eigenvalue weighted by molar-refractivity contribution is 5.29. The van der Waals surface area contributed by atoms with Gasteiger partial charge in [-0.1, -0.05) is 44.7 Å². The number of alkyl halides is 1. The van der Waals surface area contributed by atoms with Gasteiger partial charge in [0.15, 0.2) is 0 Å². The predicted octanol–water partition coefficient (Wildman–Crippen LogP) is 6.28. The van der Waals surface area contributed by atoms with E-state index in [1.54, 1.807) is 0 Å². The Balaban J connectivity index is 1.76. The highest BCUT2D eigenvalue weighted by Crippen LogP contribution is 2.38. The van der Waals surface area contributed by atoms with E-state index in [0.717, 1.165) is 11.7 Å². The average Bonchev–Trinajstić information content (AvgIpc) is 2.54. The quantitative estimate of drug-likeness (QED) is 0.514. The largest absolute Gasteiger partial charge is 0.491 e. The molecule has 0 amide bonds. The Morgan fingerprint density at radius 3 is 2.36 bits per heavy atom. The van der Waals surface area contributed by atoms with Crippen LogP contribution in [0.15, 0.2) is 24.3 Å². The third-order valence-electron chi connectivity index (χ3n) is 4.89. The number of ether oxygens (including phenoxy) is 1. The minimum absolute atomic E-state index is 0.141. The van der Waals surface area contributed by atoms with Crippen molar-refractivity contribution in [2.24, 2.45) is 5.92 Å². The van der Waals surface area contributed by atoms with Crippen LogP contribution in [0.2, 0.25) is 0 Å². The van der Waals surface area contributed by atoms with Crippen LogP contribution in [0, 0.1) is 5.92 Å². The van der Waals surface area contributed by atoms with Gasteiger partial charge in [-0.15, -0.1) is 0 Å². The molecule has 1 aliphatic carbocycles. The molecule has 0 aliphatic heterocycles. The smallest absolute Gasteiger partial charge is 0.131 e. The summed E-state index contributed by atoms with van der Waals surface area (Å²) in [6, 6.07) is 8.32. The average molecular weight is 306 g/mol. The summed E-state index contributed by atoms with van der Waals surface area (Å²) in [6.07, 6.45) is 10.0. The van der Waals surface area contributed by atoms with Crippen LogP contribution in [0.25, 0.3) is 0 Å². The predicted molar refractivity (Wildman–Crippen MR) is 91.3 cm³/mol. The van der Waals surface area contributed by atoms with E-state index in [1.165, 1.54) is 63.9 Å². The normalized spacial score (nSPS) is 23.2. The maximum atomic E-state index is 12.8. The molecule has 0 bridgehead atoms. The Hall–Kier alpha value is -1.05. The number of rotatable bonds is 8. The summed E-state index contributed by atoms with van der Waals surface area (Å²) in [5, 5.41) is 0. The maximum Gasteiger partial charge on any atom is 0.131 e. The van der Waals surface area contributed by atoms with Crippen molar-refractivity contribution in [3.8, 4) is 5.75 Å². The maximum absolute atomic E-state index is 12.8. The molecule has 0 N–H and O–H groups in total. The lowest BCUT2D eigenvalue weighted by Gasteiger charge is -2.29. The van der Waals surface area contributed by atoms with Crippen molar-refractivity contribution in [1.82, 2.24) is 0 Å². The first-order valence-electron chi connectivity index (χ1n) is 9.06. The molecule has 0 saturated heterocycles. The van der Waals surface area contributed by atoms with Gasteiger partial charge in [0, 0.05) is 0 Å². The lowest BCUT2D eigenvalue weighted by atomic mass is 9.77. The fraction of sp³-hybridized carbons (Fsp3) is 0.700. The van der Waals surface area contributed by atoms with Crippen molar-refractivity contribution >= 4 is 0 Å². The van der Waals surface area contributed by atoms with Crippen molar-refractivity contribution in [3.63, 3.8) is 0 Å². The minimum atomic E-state index is -0.914. The lowest BCUT2D eigenvalue weighted by molar-refractivity contribution is 0.209. The Bertz CT molecular complexity index is 404. The first-order valence-corrected chi connectivity index (χ1v) is 9.06. The first-order chi connectivity index (χ1) is 10.7. The van der Waals surface area contributed by atoms with Gasteiger partial charge >= 0.3 is 0 Å². The zero-order valence-electron chi connectivity index (χ0n) is 14.2. The van der Waals surface area contributed by atoms with E-state index in [-0.39, 0.29) is 6.61 Å². The van der Waals surface area contributed by atoms with E-state index in [0.29, 0.717) is 5.92 Å². The van der Waals surface area contributed by atoms with E-state index < -0.39 is 6.17 Å². The van der Waals surface area contributed by atoms with Gasteiger partial charge in [-0.25, -0.2) is 4.39 Å². The molecule has 0 heterocycles. The molecule has 124 valence electrons. The third kappa shape index (κ3) is 5.62. The monoisotopic (exact) mass is 306 g/mol. The fourth-order valence-electron chi connectivity index (χ4n) is 3.51. The van der Waals surface area contributed by atoms with Crippen LogP contribution < -0.4 is 4.74 Å². The topological polar surface area (TPSA) is 9.23 Å². The molecule has 0 radical (unpaired) electrons. The molecule has 1 saturated carbocycles. The van der Waals surface area contributed by atoms with Crippen molar-refractivity contribution in [3.05, 3.63) is 29.8 Å². The Morgan fingerprint density at radius 1 is 1.09 bits per heavy atom. The van der Waals surface area contributed by atoms with Gasteiger partial charge in [-0.2, -0.15) is 0 Å². The summed E-state index contributed by atoms with van der Waals surface area (Å²) in [7, 11) is 0. The molecule has 1 aromatic rings. The van der Waals surface area contributed by atoms with Gasteiger partial charge in [0.25, 0.3) is 0 Å². The first kappa shape index (κ1) is 17.3. The van der Waals surface area contributed by atoms with Crippen molar-refractivity contribution in [1.29, 1.82) is 0 Å². The van der Waals surface area contributed by atoms with Crippen LogP contribution in [0.4, 0.5) is 4.39 Å². The number of benzene rings is 1. The molecule has 2 rings (SSSR count). The van der Waals surface area contributed by atoms with Gasteiger partial charge in [0.05, 0.1) is 0 Å². The van der Waals surface area contributed by atoms with E-state index >= 15 is 0 Å². The van der Waals surface area contributed by atoms with Gasteiger partial charge in [-0.05, 0) is 62.1 Å². The van der Waals surface area contributed by atoms with Crippen LogP contribution in [0.3, 0.4) is 0 Å². The van der Waals surface area contributed by atoms with Gasteiger partial charge < -0.3 is 4.74 Å². The Morgan fingerprint density at radius 2 is 1.77 bits per heavy atom. The van der Waals surface area contributed by atoms with E-state index in [4.69, 9.17) is 4.74 Å². The molecule has 2 heteroatoms. The van der Waals surface area contributed by atoms with Crippen LogP contribution >= 0.6 is 0 Å². The Kier molecular flexibility index (Phi) is 7.21. The molecule has 1 fully saturated rings. The molecular formula is C20H31FO. The van der Waals surface area contributed by atoms with E-state index in [9.17, 15) is 4.39 Å². The number of hydrogen-bond donors (Lipinski definition) is 0. The van der Waals surface area contributed by atoms with Crippen LogP contribution in [-0.4, -0.2) is 12.8 Å². The molecule has 1 atom stereocenters. The van der Waals surface area contributed by atoms with Gasteiger partial charge in [0.1, 0.15) is 18.5 Å². The number of hydrogen-bond acceptors (Lipinski definition) is 1. The highest BCUT2D eigenvalue weighted by atomic mass is 19.1. The molecule has 1 aliphatic rings. The summed E-state index contributed by atoms with van der Waals surface area (Å²) < 4.78 is 18.2. The minimum Gasteiger partial charge on any atom is -0.491 e. The van der Waals surface area contributed by atoms with E-state index in [1.807, 2.05) is 12.1 Å². The van der Waals surface area contributed by atoms with Crippen molar-refractivity contribution in [2.45, 2.75) is 77.3 Å². The highest BCUT2D eigenvalue weighted by Gasteiger charge is 2.21. The van der Waals surface area contributed by atoms with Crippen LogP contribution in [0.5, 0.6) is 5.75 Å². The summed E-state index contributed by atoms with van der Waals surface area (Å²) in [4.78, 5) is 0.